The van der Waals surface area contributed by atoms with Crippen LogP contribution in [-0.2, 0) is 43.2 Å². The Morgan fingerprint density at radius 2 is 1.22 bits per heavy atom. The summed E-state index contributed by atoms with van der Waals surface area (Å²) >= 11 is 0. The number of amides is 4. The minimum Gasteiger partial charge on any atom is -0.480 e. The number of primary amides is 1. The van der Waals surface area contributed by atoms with Crippen LogP contribution in [-0.4, -0.2) is 63.9 Å². The molecule has 3 aromatic carbocycles. The number of nitrogens with two attached hydrogens (primary N) is 2. The van der Waals surface area contributed by atoms with Gasteiger partial charge in [0.1, 0.15) is 18.1 Å². The second-order valence-corrected chi connectivity index (χ2v) is 11.1. The molecule has 4 atom stereocenters. The quantitative estimate of drug-likeness (QED) is 0.0969. The molecule has 0 aliphatic heterocycles. The van der Waals surface area contributed by atoms with Gasteiger partial charge in [-0.2, -0.15) is 0 Å². The van der Waals surface area contributed by atoms with E-state index in [9.17, 15) is 29.1 Å². The minimum absolute atomic E-state index is 0.0342. The molecule has 240 valence electrons. The van der Waals surface area contributed by atoms with Crippen molar-refractivity contribution >= 4 is 40.5 Å². The van der Waals surface area contributed by atoms with Crippen molar-refractivity contribution in [3.63, 3.8) is 0 Å². The Morgan fingerprint density at radius 3 is 1.85 bits per heavy atom. The summed E-state index contributed by atoms with van der Waals surface area (Å²) in [5, 5.41) is 18.6. The third-order valence-corrected chi connectivity index (χ3v) is 7.58. The first-order chi connectivity index (χ1) is 22.1. The molecule has 4 amide bonds. The summed E-state index contributed by atoms with van der Waals surface area (Å²) < 4.78 is 0. The largest absolute Gasteiger partial charge is 0.480 e. The molecule has 46 heavy (non-hydrogen) atoms. The van der Waals surface area contributed by atoms with E-state index in [1.807, 2.05) is 60.7 Å². The second kappa shape index (κ2) is 16.0. The maximum atomic E-state index is 13.7. The van der Waals surface area contributed by atoms with Gasteiger partial charge in [0.25, 0.3) is 0 Å². The number of aliphatic carboxylic acids is 1. The number of carbonyl (C=O) groups is 5. The number of para-hydroxylation sites is 1. The van der Waals surface area contributed by atoms with Crippen molar-refractivity contribution in [2.45, 2.75) is 56.3 Å². The van der Waals surface area contributed by atoms with E-state index in [1.165, 1.54) is 0 Å². The van der Waals surface area contributed by atoms with Gasteiger partial charge in [-0.3, -0.25) is 19.2 Å². The molecule has 4 unspecified atom stereocenters. The summed E-state index contributed by atoms with van der Waals surface area (Å²) in [5.74, 6) is -4.07. The fraction of sp³-hybridized carbons (Fsp3) is 0.265. The maximum Gasteiger partial charge on any atom is 0.326 e. The molecular formula is C34H38N6O6. The molecule has 9 N–H and O–H groups in total. The number of carboxylic acid groups (broad SMARTS) is 1. The number of hydrogen-bond donors (Lipinski definition) is 7. The number of aromatic nitrogens is 1. The first kappa shape index (κ1) is 33.4. The van der Waals surface area contributed by atoms with Crippen molar-refractivity contribution in [1.82, 2.24) is 20.9 Å². The van der Waals surface area contributed by atoms with Gasteiger partial charge in [0.2, 0.25) is 23.6 Å². The van der Waals surface area contributed by atoms with Crippen molar-refractivity contribution in [2.75, 3.05) is 0 Å². The van der Waals surface area contributed by atoms with E-state index in [1.54, 1.807) is 30.5 Å². The molecule has 0 radical (unpaired) electrons. The van der Waals surface area contributed by atoms with Gasteiger partial charge >= 0.3 is 5.97 Å². The fourth-order valence-corrected chi connectivity index (χ4v) is 5.12. The number of benzene rings is 3. The lowest BCUT2D eigenvalue weighted by Crippen LogP contribution is -2.58. The van der Waals surface area contributed by atoms with Crippen LogP contribution in [0.25, 0.3) is 10.9 Å². The molecule has 0 fully saturated rings. The molecule has 4 rings (SSSR count). The molecule has 0 bridgehead atoms. The summed E-state index contributed by atoms with van der Waals surface area (Å²) in [7, 11) is 0. The number of fused-ring (bicyclic) bond motifs is 1. The van der Waals surface area contributed by atoms with Crippen molar-refractivity contribution in [2.24, 2.45) is 11.5 Å². The van der Waals surface area contributed by atoms with E-state index >= 15 is 0 Å². The van der Waals surface area contributed by atoms with Crippen molar-refractivity contribution in [1.29, 1.82) is 0 Å². The first-order valence-corrected chi connectivity index (χ1v) is 14.9. The van der Waals surface area contributed by atoms with Gasteiger partial charge in [-0.05, 0) is 35.6 Å². The third-order valence-electron chi connectivity index (χ3n) is 7.58. The summed E-state index contributed by atoms with van der Waals surface area (Å²) in [6.45, 7) is 0. The van der Waals surface area contributed by atoms with Crippen molar-refractivity contribution in [3.8, 4) is 0 Å². The van der Waals surface area contributed by atoms with Crippen LogP contribution in [0.4, 0.5) is 0 Å². The van der Waals surface area contributed by atoms with Crippen LogP contribution in [0, 0.1) is 0 Å². The number of hydrogen-bond acceptors (Lipinski definition) is 6. The van der Waals surface area contributed by atoms with E-state index in [0.717, 1.165) is 22.0 Å². The van der Waals surface area contributed by atoms with Crippen LogP contribution in [0.2, 0.25) is 0 Å². The van der Waals surface area contributed by atoms with E-state index in [0.29, 0.717) is 5.56 Å². The number of aromatic amines is 1. The van der Waals surface area contributed by atoms with Crippen LogP contribution < -0.4 is 27.4 Å². The van der Waals surface area contributed by atoms with E-state index < -0.39 is 53.8 Å². The molecule has 12 nitrogen and oxygen atoms in total. The summed E-state index contributed by atoms with van der Waals surface area (Å²) in [4.78, 5) is 67.1. The Balaban J connectivity index is 1.50. The summed E-state index contributed by atoms with van der Waals surface area (Å²) in [5.41, 5.74) is 14.6. The highest BCUT2D eigenvalue weighted by Crippen LogP contribution is 2.19. The van der Waals surface area contributed by atoms with Gasteiger partial charge in [-0.25, -0.2) is 4.79 Å². The second-order valence-electron chi connectivity index (χ2n) is 11.1. The van der Waals surface area contributed by atoms with Gasteiger partial charge in [0.15, 0.2) is 0 Å². The Kier molecular flexibility index (Phi) is 11.6. The van der Waals surface area contributed by atoms with Gasteiger partial charge in [-0.15, -0.1) is 0 Å². The Hall–Kier alpha value is -5.49. The zero-order valence-corrected chi connectivity index (χ0v) is 25.1. The normalized spacial score (nSPS) is 13.6. The zero-order chi connectivity index (χ0) is 33.1. The Labute approximate surface area is 265 Å². The topological polar surface area (TPSA) is 209 Å². The highest BCUT2D eigenvalue weighted by molar-refractivity contribution is 5.95. The number of rotatable bonds is 16. The van der Waals surface area contributed by atoms with Crippen molar-refractivity contribution < 1.29 is 29.1 Å². The van der Waals surface area contributed by atoms with Crippen LogP contribution in [0.15, 0.2) is 91.1 Å². The lowest BCUT2D eigenvalue weighted by molar-refractivity contribution is -0.142. The molecule has 0 spiro atoms. The summed E-state index contributed by atoms with van der Waals surface area (Å²) in [6, 6.07) is 20.8. The number of H-pyrrole nitrogens is 1. The lowest BCUT2D eigenvalue weighted by atomic mass is 10.0. The standard InChI is InChI=1S/C34H38N6O6/c35-25(17-21-9-3-1-4-10-21)31(42)39-28(18-22-11-5-2-6-12-22)33(44)38-27(15-16-30(36)41)32(43)40-29(34(45)46)19-23-20-37-26-14-8-7-13-24(23)26/h1-14,20,25,27-29,37H,15-19,35H2,(H2,36,41)(H,38,44)(H,39,42)(H,40,43)(H,45,46). The van der Waals surface area contributed by atoms with Crippen LogP contribution in [0.3, 0.4) is 0 Å². The molecule has 1 heterocycles. The Bertz CT molecular complexity index is 1660. The minimum atomic E-state index is -1.34. The highest BCUT2D eigenvalue weighted by Gasteiger charge is 2.31. The number of nitrogens with one attached hydrogen (secondary N) is 4. The van der Waals surface area contributed by atoms with Gasteiger partial charge < -0.3 is 37.5 Å². The van der Waals surface area contributed by atoms with Crippen LogP contribution >= 0.6 is 0 Å². The highest BCUT2D eigenvalue weighted by atomic mass is 16.4. The molecule has 1 aromatic heterocycles. The smallest absolute Gasteiger partial charge is 0.326 e. The SMILES string of the molecule is NC(=O)CCC(NC(=O)C(Cc1ccccc1)NC(=O)C(N)Cc1ccccc1)C(=O)NC(Cc1c[nH]c2ccccc12)C(=O)O. The predicted molar refractivity (Wildman–Crippen MR) is 172 cm³/mol. The monoisotopic (exact) mass is 626 g/mol. The molecule has 0 aliphatic carbocycles. The molecule has 0 aliphatic rings. The first-order valence-electron chi connectivity index (χ1n) is 14.9. The molecule has 4 aromatic rings. The van der Waals surface area contributed by atoms with Crippen molar-refractivity contribution in [3.05, 3.63) is 108 Å². The van der Waals surface area contributed by atoms with Gasteiger partial charge in [-0.1, -0.05) is 78.9 Å². The average Bonchev–Trinajstić information content (AvgIpc) is 3.45. The van der Waals surface area contributed by atoms with E-state index in [-0.39, 0.29) is 32.1 Å². The zero-order valence-electron chi connectivity index (χ0n) is 25.1. The van der Waals surface area contributed by atoms with E-state index in [4.69, 9.17) is 11.5 Å². The van der Waals surface area contributed by atoms with Gasteiger partial charge in [0.05, 0.1) is 6.04 Å². The molecular weight excluding hydrogens is 588 g/mol. The fourth-order valence-electron chi connectivity index (χ4n) is 5.12. The van der Waals surface area contributed by atoms with Gasteiger partial charge in [0, 0.05) is 36.4 Å². The number of carbonyl (C=O) groups excluding carboxylic acids is 4. The van der Waals surface area contributed by atoms with Crippen LogP contribution in [0.1, 0.15) is 29.5 Å². The summed E-state index contributed by atoms with van der Waals surface area (Å²) in [6.07, 6.45) is 1.52. The Morgan fingerprint density at radius 1 is 0.674 bits per heavy atom. The maximum absolute atomic E-state index is 13.7. The molecule has 12 heteroatoms. The average molecular weight is 627 g/mol. The predicted octanol–water partition coefficient (Wildman–Crippen LogP) is 1.33. The molecule has 0 saturated carbocycles. The lowest BCUT2D eigenvalue weighted by Gasteiger charge is -2.25. The number of carboxylic acids is 1. The van der Waals surface area contributed by atoms with E-state index in [2.05, 4.69) is 20.9 Å². The third kappa shape index (κ3) is 9.50. The molecule has 0 saturated heterocycles. The van der Waals surface area contributed by atoms with Crippen LogP contribution in [0.5, 0.6) is 0 Å².